The van der Waals surface area contributed by atoms with Crippen LogP contribution < -0.4 is 5.63 Å². The van der Waals surface area contributed by atoms with Crippen molar-refractivity contribution in [3.8, 4) is 0 Å². The number of fused-ring (bicyclic) bond motifs is 2. The molecular formula is C22H20ClNO6S2. The van der Waals surface area contributed by atoms with Crippen LogP contribution in [0.25, 0.3) is 11.0 Å². The van der Waals surface area contributed by atoms with E-state index < -0.39 is 27.7 Å². The molecule has 10 heteroatoms. The van der Waals surface area contributed by atoms with E-state index in [0.717, 1.165) is 36.0 Å². The summed E-state index contributed by atoms with van der Waals surface area (Å²) >= 11 is 6.85. The van der Waals surface area contributed by atoms with Crippen molar-refractivity contribution in [2.75, 3.05) is 6.54 Å². The molecule has 7 nitrogen and oxygen atoms in total. The number of thiophene rings is 1. The second-order valence-corrected chi connectivity index (χ2v) is 11.8. The monoisotopic (exact) mass is 493 g/mol. The highest BCUT2D eigenvalue weighted by Crippen LogP contribution is 2.33. The summed E-state index contributed by atoms with van der Waals surface area (Å²) in [5.74, 6) is -0.628. The van der Waals surface area contributed by atoms with Gasteiger partial charge in [0.05, 0.1) is 4.34 Å². The van der Waals surface area contributed by atoms with E-state index in [1.54, 1.807) is 0 Å². The topological polar surface area (TPSA) is 93.9 Å². The summed E-state index contributed by atoms with van der Waals surface area (Å²) in [4.78, 5) is 24.9. The number of rotatable bonds is 5. The summed E-state index contributed by atoms with van der Waals surface area (Å²) in [5.41, 5.74) is 2.90. The Morgan fingerprint density at radius 3 is 2.72 bits per heavy atom. The Hall–Kier alpha value is -2.20. The Kier molecular flexibility index (Phi) is 5.61. The summed E-state index contributed by atoms with van der Waals surface area (Å²) in [6, 6.07) is 7.27. The number of carbonyl (C=O) groups is 1. The van der Waals surface area contributed by atoms with Crippen LogP contribution in [0.5, 0.6) is 0 Å². The molecule has 0 N–H and O–H groups in total. The highest BCUT2D eigenvalue weighted by molar-refractivity contribution is 7.91. The van der Waals surface area contributed by atoms with E-state index in [2.05, 4.69) is 0 Å². The fourth-order valence-electron chi connectivity index (χ4n) is 4.47. The predicted molar refractivity (Wildman–Crippen MR) is 121 cm³/mol. The molecule has 0 radical (unpaired) electrons. The van der Waals surface area contributed by atoms with Gasteiger partial charge in [0.25, 0.3) is 10.0 Å². The molecule has 1 fully saturated rings. The zero-order valence-electron chi connectivity index (χ0n) is 17.0. The second-order valence-electron chi connectivity index (χ2n) is 8.00. The molecule has 1 aliphatic carbocycles. The number of hydrogen-bond acceptors (Lipinski definition) is 7. The average molecular weight is 494 g/mol. The van der Waals surface area contributed by atoms with Gasteiger partial charge in [-0.15, -0.1) is 11.3 Å². The number of benzene rings is 1. The number of sulfonamides is 1. The highest BCUT2D eigenvalue weighted by atomic mass is 35.5. The Labute approximate surface area is 193 Å². The van der Waals surface area contributed by atoms with Crippen LogP contribution in [-0.4, -0.2) is 31.3 Å². The lowest BCUT2D eigenvalue weighted by Crippen LogP contribution is -2.41. The van der Waals surface area contributed by atoms with E-state index in [9.17, 15) is 18.0 Å². The normalized spacial score (nSPS) is 18.8. The Morgan fingerprint density at radius 2 is 1.97 bits per heavy atom. The molecule has 2 aliphatic rings. The first-order valence-electron chi connectivity index (χ1n) is 10.4. The number of aryl methyl sites for hydroxylation is 2. The van der Waals surface area contributed by atoms with Gasteiger partial charge in [-0.1, -0.05) is 11.6 Å². The molecule has 3 heterocycles. The largest absolute Gasteiger partial charge is 0.460 e. The molecule has 1 aliphatic heterocycles. The molecule has 1 saturated heterocycles. The maximum Gasteiger partial charge on any atom is 0.336 e. The summed E-state index contributed by atoms with van der Waals surface area (Å²) < 4.78 is 38.5. The molecule has 1 aromatic carbocycles. The van der Waals surface area contributed by atoms with Gasteiger partial charge < -0.3 is 9.15 Å². The predicted octanol–water partition coefficient (Wildman–Crippen LogP) is 3.89. The number of esters is 1. The minimum atomic E-state index is -3.84. The van der Waals surface area contributed by atoms with E-state index in [1.807, 2.05) is 12.1 Å². The molecule has 0 unspecified atom stereocenters. The van der Waals surface area contributed by atoms with Gasteiger partial charge in [-0.2, -0.15) is 4.31 Å². The van der Waals surface area contributed by atoms with E-state index in [0.29, 0.717) is 28.3 Å². The average Bonchev–Trinajstić information content (AvgIpc) is 3.50. The van der Waals surface area contributed by atoms with Crippen LogP contribution in [0.3, 0.4) is 0 Å². The fourth-order valence-corrected chi connectivity index (χ4v) is 7.73. The molecule has 1 atom stereocenters. The quantitative estimate of drug-likeness (QED) is 0.395. The van der Waals surface area contributed by atoms with Gasteiger partial charge in [0, 0.05) is 23.6 Å². The molecule has 3 aromatic rings. The van der Waals surface area contributed by atoms with Crippen LogP contribution in [0, 0.1) is 0 Å². The van der Waals surface area contributed by atoms with Crippen molar-refractivity contribution in [1.82, 2.24) is 4.31 Å². The highest BCUT2D eigenvalue weighted by Gasteiger charge is 2.41. The zero-order valence-corrected chi connectivity index (χ0v) is 19.4. The van der Waals surface area contributed by atoms with Crippen LogP contribution in [0.15, 0.2) is 43.8 Å². The standard InChI is InChI=1S/C22H20ClNO6S2/c23-19-6-7-21(31-19)32(27,28)24-8-2-5-17(24)22(26)29-12-15-11-20(25)30-18-10-14-4-1-3-13(14)9-16(15)18/h6-7,9-11,17H,1-5,8,12H2/t17-/m0/s1. The molecule has 32 heavy (non-hydrogen) atoms. The number of halogens is 1. The lowest BCUT2D eigenvalue weighted by atomic mass is 10.0. The minimum Gasteiger partial charge on any atom is -0.460 e. The summed E-state index contributed by atoms with van der Waals surface area (Å²) in [6.45, 7) is 0.108. The van der Waals surface area contributed by atoms with Crippen LogP contribution in [-0.2, 0) is 39.0 Å². The van der Waals surface area contributed by atoms with Gasteiger partial charge in [-0.25, -0.2) is 13.2 Å². The third-order valence-corrected chi connectivity index (χ3v) is 9.61. The maximum atomic E-state index is 13.0. The number of carbonyl (C=O) groups excluding carboxylic acids is 1. The summed E-state index contributed by atoms with van der Waals surface area (Å²) in [7, 11) is -3.84. The van der Waals surface area contributed by atoms with Crippen LogP contribution >= 0.6 is 22.9 Å². The molecule has 2 aromatic heterocycles. The molecule has 0 amide bonds. The smallest absolute Gasteiger partial charge is 0.336 e. The van der Waals surface area contributed by atoms with Crippen molar-refractivity contribution in [3.63, 3.8) is 0 Å². The molecule has 0 spiro atoms. The van der Waals surface area contributed by atoms with Crippen molar-refractivity contribution < 1.29 is 22.4 Å². The third-order valence-electron chi connectivity index (χ3n) is 6.00. The van der Waals surface area contributed by atoms with Gasteiger partial charge in [0.1, 0.15) is 22.4 Å². The minimum absolute atomic E-state index is 0.0997. The van der Waals surface area contributed by atoms with E-state index in [-0.39, 0.29) is 17.4 Å². The van der Waals surface area contributed by atoms with Gasteiger partial charge in [0.15, 0.2) is 0 Å². The first-order chi connectivity index (χ1) is 15.3. The first-order valence-corrected chi connectivity index (χ1v) is 13.0. The lowest BCUT2D eigenvalue weighted by Gasteiger charge is -2.22. The van der Waals surface area contributed by atoms with E-state index >= 15 is 0 Å². The fraction of sp³-hybridized carbons (Fsp3) is 0.364. The van der Waals surface area contributed by atoms with Crippen LogP contribution in [0.4, 0.5) is 0 Å². The SMILES string of the molecule is O=C(OCc1cc(=O)oc2cc3c(cc12)CCC3)[C@@H]1CCCN1S(=O)(=O)c1ccc(Cl)s1. The summed E-state index contributed by atoms with van der Waals surface area (Å²) in [5, 5.41) is 0.738. The first kappa shape index (κ1) is 21.6. The molecular weight excluding hydrogens is 474 g/mol. The molecule has 0 saturated carbocycles. The van der Waals surface area contributed by atoms with Crippen molar-refractivity contribution in [2.45, 2.75) is 49.0 Å². The van der Waals surface area contributed by atoms with Crippen LogP contribution in [0.1, 0.15) is 36.0 Å². The van der Waals surface area contributed by atoms with Gasteiger partial charge >= 0.3 is 11.6 Å². The number of hydrogen-bond donors (Lipinski definition) is 0. The second kappa shape index (κ2) is 8.30. The molecule has 5 rings (SSSR count). The van der Waals surface area contributed by atoms with Gasteiger partial charge in [0.2, 0.25) is 0 Å². The summed E-state index contributed by atoms with van der Waals surface area (Å²) in [6.07, 6.45) is 3.91. The van der Waals surface area contributed by atoms with Crippen molar-refractivity contribution in [2.24, 2.45) is 0 Å². The maximum absolute atomic E-state index is 13.0. The lowest BCUT2D eigenvalue weighted by molar-refractivity contribution is -0.148. The molecule has 168 valence electrons. The van der Waals surface area contributed by atoms with E-state index in [4.69, 9.17) is 20.8 Å². The zero-order chi connectivity index (χ0) is 22.5. The molecule has 0 bridgehead atoms. The van der Waals surface area contributed by atoms with Crippen molar-refractivity contribution in [1.29, 1.82) is 0 Å². The Balaban J connectivity index is 1.38. The van der Waals surface area contributed by atoms with Crippen molar-refractivity contribution >= 4 is 49.9 Å². The third kappa shape index (κ3) is 3.87. The Morgan fingerprint density at radius 1 is 1.19 bits per heavy atom. The van der Waals surface area contributed by atoms with Gasteiger partial charge in [-0.05, 0) is 67.5 Å². The van der Waals surface area contributed by atoms with Crippen LogP contribution in [0.2, 0.25) is 4.34 Å². The van der Waals surface area contributed by atoms with E-state index in [1.165, 1.54) is 33.6 Å². The number of ether oxygens (including phenoxy) is 1. The van der Waals surface area contributed by atoms with Crippen molar-refractivity contribution in [3.05, 3.63) is 61.8 Å². The Bertz CT molecular complexity index is 1380. The van der Waals surface area contributed by atoms with Gasteiger partial charge in [-0.3, -0.25) is 4.79 Å². The number of nitrogens with zero attached hydrogens (tertiary/aromatic N) is 1.